The zero-order valence-electron chi connectivity index (χ0n) is 23.5. The van der Waals surface area contributed by atoms with Gasteiger partial charge in [-0.1, -0.05) is 32.1 Å². The van der Waals surface area contributed by atoms with Crippen LogP contribution in [0.25, 0.3) is 0 Å². The Bertz CT molecular complexity index is 1310. The minimum Gasteiger partial charge on any atom is -0.469 e. The number of aliphatic hydroxyl groups excluding tert-OH is 1. The van der Waals surface area contributed by atoms with Crippen molar-refractivity contribution < 1.29 is 32.6 Å². The van der Waals surface area contributed by atoms with Crippen LogP contribution in [0.1, 0.15) is 74.4 Å². The zero-order chi connectivity index (χ0) is 29.1. The number of ether oxygens (including phenoxy) is 2. The van der Waals surface area contributed by atoms with Crippen LogP contribution in [-0.2, 0) is 19.6 Å². The van der Waals surface area contributed by atoms with E-state index in [0.29, 0.717) is 37.2 Å². The molecule has 0 aromatic heterocycles. The minimum atomic E-state index is -3.63. The van der Waals surface area contributed by atoms with Crippen LogP contribution < -0.4 is 4.74 Å². The maximum Gasteiger partial charge on any atom is 0.343 e. The molecular weight excluding hydrogens is 530 g/mol. The van der Waals surface area contributed by atoms with Crippen molar-refractivity contribution in [3.8, 4) is 5.75 Å². The molecule has 0 unspecified atom stereocenters. The van der Waals surface area contributed by atoms with Crippen molar-refractivity contribution in [2.75, 3.05) is 20.2 Å². The molecule has 5 rings (SSSR count). The molecule has 3 aliphatic rings. The number of methoxy groups -OCH3 is 1. The molecule has 0 spiro atoms. The van der Waals surface area contributed by atoms with Gasteiger partial charge in [0.25, 0.3) is 0 Å². The number of benzene rings is 2. The lowest BCUT2D eigenvalue weighted by atomic mass is 9.33. The van der Waals surface area contributed by atoms with Crippen LogP contribution >= 0.6 is 0 Å². The van der Waals surface area contributed by atoms with Crippen LogP contribution in [0.5, 0.6) is 5.75 Å². The molecule has 0 heterocycles. The molecule has 3 saturated carbocycles. The molecule has 9 heteroatoms. The average molecular weight is 570 g/mol. The molecule has 1 N–H and O–H groups in total. The summed E-state index contributed by atoms with van der Waals surface area (Å²) in [4.78, 5) is 24.8. The van der Waals surface area contributed by atoms with Gasteiger partial charge in [0.15, 0.2) is 0 Å². The van der Waals surface area contributed by atoms with E-state index >= 15 is 0 Å². The van der Waals surface area contributed by atoms with E-state index in [1.54, 1.807) is 30.3 Å². The first-order valence-electron chi connectivity index (χ1n) is 13.8. The fourth-order valence-corrected chi connectivity index (χ4v) is 8.00. The first-order chi connectivity index (χ1) is 19.0. The quantitative estimate of drug-likeness (QED) is 0.187. The van der Waals surface area contributed by atoms with E-state index in [9.17, 15) is 23.1 Å². The molecule has 3 fully saturated rings. The molecule has 2 aromatic rings. The molecule has 0 amide bonds. The summed E-state index contributed by atoms with van der Waals surface area (Å²) in [5.74, 6) is -0.612. The van der Waals surface area contributed by atoms with Crippen molar-refractivity contribution in [1.82, 2.24) is 4.31 Å². The van der Waals surface area contributed by atoms with Gasteiger partial charge in [-0.2, -0.15) is 4.31 Å². The summed E-state index contributed by atoms with van der Waals surface area (Å²) >= 11 is 0. The van der Waals surface area contributed by atoms with E-state index < -0.39 is 22.1 Å². The Kier molecular flexibility index (Phi) is 8.87. The van der Waals surface area contributed by atoms with Crippen LogP contribution in [0.2, 0.25) is 0 Å². The molecule has 3 aliphatic carbocycles. The SMILES string of the molecule is C=C[C@H](CC12CC(C(=O)OC)(C1)C2)[C@H](O)c1ccc(OC(=O)c2ccc(S(=O)(=O)N(CCC)CCC)cc2)cc1. The lowest BCUT2D eigenvalue weighted by Gasteiger charge is -2.69. The Morgan fingerprint density at radius 3 is 2.10 bits per heavy atom. The van der Waals surface area contributed by atoms with Crippen LogP contribution in [0.3, 0.4) is 0 Å². The third kappa shape index (κ3) is 5.73. The fraction of sp³-hybridized carbons (Fsp3) is 0.484. The molecule has 2 aromatic carbocycles. The van der Waals surface area contributed by atoms with Crippen molar-refractivity contribution in [3.63, 3.8) is 0 Å². The monoisotopic (exact) mass is 569 g/mol. The van der Waals surface area contributed by atoms with Gasteiger partial charge >= 0.3 is 11.9 Å². The fourth-order valence-electron chi connectivity index (χ4n) is 6.38. The number of nitrogens with zero attached hydrogens (tertiary/aromatic N) is 1. The summed E-state index contributed by atoms with van der Waals surface area (Å²) in [6.45, 7) is 8.66. The van der Waals surface area contributed by atoms with Crippen LogP contribution in [-0.4, -0.2) is 50.0 Å². The largest absolute Gasteiger partial charge is 0.469 e. The Morgan fingerprint density at radius 1 is 1.02 bits per heavy atom. The molecular formula is C31H39NO7S. The third-order valence-electron chi connectivity index (χ3n) is 8.24. The van der Waals surface area contributed by atoms with Gasteiger partial charge < -0.3 is 14.6 Å². The smallest absolute Gasteiger partial charge is 0.343 e. The summed E-state index contributed by atoms with van der Waals surface area (Å²) in [5.41, 5.74) is 0.645. The Morgan fingerprint density at radius 2 is 1.60 bits per heavy atom. The Hall–Kier alpha value is -3.01. The maximum absolute atomic E-state index is 13.0. The number of sulfonamides is 1. The zero-order valence-corrected chi connectivity index (χ0v) is 24.3. The second-order valence-electron chi connectivity index (χ2n) is 11.2. The van der Waals surface area contributed by atoms with Crippen LogP contribution in [0.4, 0.5) is 0 Å². The highest BCUT2D eigenvalue weighted by Crippen LogP contribution is 2.76. The van der Waals surface area contributed by atoms with Crippen molar-refractivity contribution in [1.29, 1.82) is 0 Å². The number of esters is 2. The Balaban J connectivity index is 1.35. The highest BCUT2D eigenvalue weighted by molar-refractivity contribution is 7.89. The highest BCUT2D eigenvalue weighted by Gasteiger charge is 2.72. The van der Waals surface area contributed by atoms with E-state index in [2.05, 4.69) is 6.58 Å². The van der Waals surface area contributed by atoms with E-state index in [-0.39, 0.29) is 33.2 Å². The number of aliphatic hydroxyl groups is 1. The van der Waals surface area contributed by atoms with Gasteiger partial charge in [-0.05, 0) is 85.9 Å². The summed E-state index contributed by atoms with van der Waals surface area (Å²) in [5, 5.41) is 11.0. The second-order valence-corrected chi connectivity index (χ2v) is 13.2. The van der Waals surface area contributed by atoms with Gasteiger partial charge in [0.05, 0.1) is 29.1 Å². The van der Waals surface area contributed by atoms with Gasteiger partial charge in [-0.25, -0.2) is 13.2 Å². The standard InChI is InChI=1S/C31H39NO7S/c1-5-16-32(17-6-2)40(36,37)26-14-10-24(11-15-26)28(34)39-25-12-8-23(9-13-25)27(33)22(7-3)18-30-19-31(20-30,21-30)29(35)38-4/h7-15,22,27,33H,3,5-6,16-21H2,1-2,4H3/t22-,27+,30?,31?/m1/s1. The first kappa shape index (κ1) is 30.0. The van der Waals surface area contributed by atoms with Crippen LogP contribution in [0.15, 0.2) is 66.1 Å². The topological polar surface area (TPSA) is 110 Å². The lowest BCUT2D eigenvalue weighted by Crippen LogP contribution is -2.66. The number of carbonyl (C=O) groups excluding carboxylic acids is 2. The van der Waals surface area contributed by atoms with E-state index in [0.717, 1.165) is 25.7 Å². The average Bonchev–Trinajstić information content (AvgIpc) is 2.91. The van der Waals surface area contributed by atoms with Gasteiger partial charge in [0.2, 0.25) is 10.0 Å². The second kappa shape index (κ2) is 11.8. The van der Waals surface area contributed by atoms with Gasteiger partial charge in [-0.3, -0.25) is 4.79 Å². The van der Waals surface area contributed by atoms with Crippen molar-refractivity contribution in [2.24, 2.45) is 16.7 Å². The van der Waals surface area contributed by atoms with Crippen molar-refractivity contribution >= 4 is 22.0 Å². The summed E-state index contributed by atoms with van der Waals surface area (Å²) in [7, 11) is -2.21. The molecule has 0 saturated heterocycles. The summed E-state index contributed by atoms with van der Waals surface area (Å²) in [6, 6.07) is 12.4. The lowest BCUT2D eigenvalue weighted by molar-refractivity contribution is -0.231. The van der Waals surface area contributed by atoms with Crippen molar-refractivity contribution in [3.05, 3.63) is 72.3 Å². The molecule has 8 nitrogen and oxygen atoms in total. The Labute approximate surface area is 237 Å². The summed E-state index contributed by atoms with van der Waals surface area (Å²) < 4.78 is 37.8. The van der Waals surface area contributed by atoms with Gasteiger partial charge in [-0.15, -0.1) is 6.58 Å². The maximum atomic E-state index is 13.0. The normalized spacial score (nSPS) is 22.9. The first-order valence-corrected chi connectivity index (χ1v) is 15.3. The highest BCUT2D eigenvalue weighted by atomic mass is 32.2. The number of hydrogen-bond acceptors (Lipinski definition) is 7. The minimum absolute atomic E-state index is 0.0582. The van der Waals surface area contributed by atoms with Crippen LogP contribution in [0, 0.1) is 16.7 Å². The predicted octanol–water partition coefficient (Wildman–Crippen LogP) is 5.29. The molecule has 2 bridgehead atoms. The van der Waals surface area contributed by atoms with Gasteiger partial charge in [0.1, 0.15) is 5.75 Å². The van der Waals surface area contributed by atoms with E-state index in [1.807, 2.05) is 13.8 Å². The third-order valence-corrected chi connectivity index (χ3v) is 10.2. The molecule has 40 heavy (non-hydrogen) atoms. The van der Waals surface area contributed by atoms with Crippen molar-refractivity contribution in [2.45, 2.75) is 63.4 Å². The number of carbonyl (C=O) groups is 2. The number of hydrogen-bond donors (Lipinski definition) is 1. The predicted molar refractivity (Wildman–Crippen MR) is 151 cm³/mol. The number of rotatable bonds is 14. The molecule has 2 atom stereocenters. The van der Waals surface area contributed by atoms with E-state index in [1.165, 1.54) is 35.7 Å². The summed E-state index contributed by atoms with van der Waals surface area (Å²) in [6.07, 6.45) is 5.53. The molecule has 0 radical (unpaired) electrons. The molecule has 0 aliphatic heterocycles. The van der Waals surface area contributed by atoms with E-state index in [4.69, 9.17) is 9.47 Å². The van der Waals surface area contributed by atoms with Gasteiger partial charge in [0, 0.05) is 19.0 Å². The molecule has 216 valence electrons.